The first-order valence-corrected chi connectivity index (χ1v) is 10.8. The maximum absolute atomic E-state index is 11.3. The molecule has 4 heteroatoms. The van der Waals surface area contributed by atoms with Gasteiger partial charge in [-0.2, -0.15) is 0 Å². The van der Waals surface area contributed by atoms with Crippen molar-refractivity contribution in [2.45, 2.75) is 59.0 Å². The fourth-order valence-corrected chi connectivity index (χ4v) is 2.82. The van der Waals surface area contributed by atoms with Crippen molar-refractivity contribution in [3.8, 4) is 22.6 Å². The molecule has 4 nitrogen and oxygen atoms in total. The molecule has 0 aromatic heterocycles. The monoisotopic (exact) mass is 410 g/mol. The summed E-state index contributed by atoms with van der Waals surface area (Å²) in [7, 11) is 0. The molecule has 0 aliphatic carbocycles. The summed E-state index contributed by atoms with van der Waals surface area (Å²) in [6.45, 7) is 10.6. The first-order chi connectivity index (χ1) is 14.5. The van der Waals surface area contributed by atoms with Crippen LogP contribution in [0.4, 0.5) is 0 Å². The Morgan fingerprint density at radius 2 is 1.40 bits per heavy atom. The molecule has 0 amide bonds. The van der Waals surface area contributed by atoms with Crippen molar-refractivity contribution < 1.29 is 19.0 Å². The molecule has 0 radical (unpaired) electrons. The third kappa shape index (κ3) is 8.32. The molecule has 0 N–H and O–H groups in total. The molecule has 0 saturated carbocycles. The van der Waals surface area contributed by atoms with Gasteiger partial charge in [0.05, 0.1) is 19.3 Å². The number of esters is 1. The maximum Gasteiger partial charge on any atom is 0.333 e. The molecule has 2 aromatic rings. The predicted molar refractivity (Wildman–Crippen MR) is 122 cm³/mol. The van der Waals surface area contributed by atoms with Crippen LogP contribution in [-0.4, -0.2) is 25.3 Å². The van der Waals surface area contributed by atoms with E-state index in [4.69, 9.17) is 14.2 Å². The highest BCUT2D eigenvalue weighted by molar-refractivity contribution is 5.86. The van der Waals surface area contributed by atoms with Gasteiger partial charge in [0.15, 0.2) is 0 Å². The third-order valence-corrected chi connectivity index (χ3v) is 4.84. The van der Waals surface area contributed by atoms with Crippen molar-refractivity contribution >= 4 is 5.97 Å². The van der Waals surface area contributed by atoms with Crippen LogP contribution in [0.1, 0.15) is 52.9 Å². The van der Waals surface area contributed by atoms with Gasteiger partial charge in [-0.05, 0) is 81.3 Å². The lowest BCUT2D eigenvalue weighted by atomic mass is 10.1. The zero-order valence-electron chi connectivity index (χ0n) is 18.5. The second-order valence-electron chi connectivity index (χ2n) is 7.56. The fraction of sp³-hybridized carbons (Fsp3) is 0.423. The van der Waals surface area contributed by atoms with E-state index < -0.39 is 0 Å². The summed E-state index contributed by atoms with van der Waals surface area (Å²) < 4.78 is 16.7. The van der Waals surface area contributed by atoms with Gasteiger partial charge < -0.3 is 14.2 Å². The second kappa shape index (κ2) is 12.7. The van der Waals surface area contributed by atoms with Crippen LogP contribution in [0.5, 0.6) is 11.5 Å². The zero-order chi connectivity index (χ0) is 21.8. The van der Waals surface area contributed by atoms with Gasteiger partial charge in [-0.15, -0.1) is 0 Å². The highest BCUT2D eigenvalue weighted by atomic mass is 16.5. The molecule has 0 spiro atoms. The summed E-state index contributed by atoms with van der Waals surface area (Å²) in [6.07, 6.45) is 5.14. The number of ether oxygens (including phenoxy) is 3. The SMILES string of the molecule is C=C(C)C(=O)OCCCCCCOc1ccc(-c2ccc(OC(C)CC)cc2)cc1. The van der Waals surface area contributed by atoms with Crippen molar-refractivity contribution in [2.24, 2.45) is 0 Å². The lowest BCUT2D eigenvalue weighted by Gasteiger charge is -2.13. The predicted octanol–water partition coefficient (Wildman–Crippen LogP) is 6.59. The molecule has 2 rings (SSSR count). The largest absolute Gasteiger partial charge is 0.494 e. The van der Waals surface area contributed by atoms with Crippen molar-refractivity contribution in [1.82, 2.24) is 0 Å². The van der Waals surface area contributed by atoms with E-state index in [0.717, 1.165) is 54.7 Å². The van der Waals surface area contributed by atoms with Crippen LogP contribution >= 0.6 is 0 Å². The Morgan fingerprint density at radius 1 is 0.867 bits per heavy atom. The molecule has 0 bridgehead atoms. The topological polar surface area (TPSA) is 44.8 Å². The third-order valence-electron chi connectivity index (χ3n) is 4.84. The highest BCUT2D eigenvalue weighted by Crippen LogP contribution is 2.25. The standard InChI is InChI=1S/C26H34O4/c1-5-21(4)30-25-16-12-23(13-17-25)22-10-14-24(15-11-22)28-18-8-6-7-9-19-29-26(27)20(2)3/h10-17,21H,2,5-9,18-19H2,1,3-4H3. The molecule has 0 aliphatic heterocycles. The van der Waals surface area contributed by atoms with E-state index in [0.29, 0.717) is 18.8 Å². The number of hydrogen-bond donors (Lipinski definition) is 0. The molecule has 0 aliphatic rings. The Bertz CT molecular complexity index is 778. The highest BCUT2D eigenvalue weighted by Gasteiger charge is 2.04. The van der Waals surface area contributed by atoms with Crippen molar-refractivity contribution in [3.05, 3.63) is 60.7 Å². The Hall–Kier alpha value is -2.75. The maximum atomic E-state index is 11.3. The minimum Gasteiger partial charge on any atom is -0.494 e. The first-order valence-electron chi connectivity index (χ1n) is 10.8. The fourth-order valence-electron chi connectivity index (χ4n) is 2.82. The van der Waals surface area contributed by atoms with Crippen LogP contribution in [0.15, 0.2) is 60.7 Å². The summed E-state index contributed by atoms with van der Waals surface area (Å²) >= 11 is 0. The Kier molecular flexibility index (Phi) is 9.99. The van der Waals surface area contributed by atoms with Crippen LogP contribution < -0.4 is 9.47 Å². The Balaban J connectivity index is 1.66. The van der Waals surface area contributed by atoms with Gasteiger partial charge in [0.2, 0.25) is 0 Å². The lowest BCUT2D eigenvalue weighted by Crippen LogP contribution is -2.09. The summed E-state index contributed by atoms with van der Waals surface area (Å²) in [4.78, 5) is 11.3. The van der Waals surface area contributed by atoms with Gasteiger partial charge in [-0.25, -0.2) is 4.79 Å². The molecule has 1 atom stereocenters. The molecular formula is C26H34O4. The quantitative estimate of drug-likeness (QED) is 0.212. The van der Waals surface area contributed by atoms with Gasteiger partial charge in [0.25, 0.3) is 0 Å². The minimum atomic E-state index is -0.308. The van der Waals surface area contributed by atoms with Gasteiger partial charge in [-0.3, -0.25) is 0 Å². The molecule has 2 aromatic carbocycles. The van der Waals surface area contributed by atoms with Crippen molar-refractivity contribution in [3.63, 3.8) is 0 Å². The van der Waals surface area contributed by atoms with Gasteiger partial charge in [-0.1, -0.05) is 37.8 Å². The normalized spacial score (nSPS) is 11.6. The van der Waals surface area contributed by atoms with Gasteiger partial charge >= 0.3 is 5.97 Å². The Morgan fingerprint density at radius 3 is 1.93 bits per heavy atom. The molecular weight excluding hydrogens is 376 g/mol. The molecule has 0 heterocycles. The molecule has 30 heavy (non-hydrogen) atoms. The summed E-state index contributed by atoms with van der Waals surface area (Å²) in [6, 6.07) is 16.4. The average Bonchev–Trinajstić information content (AvgIpc) is 2.76. The van der Waals surface area contributed by atoms with Crippen LogP contribution in [-0.2, 0) is 9.53 Å². The summed E-state index contributed by atoms with van der Waals surface area (Å²) in [5.74, 6) is 1.48. The van der Waals surface area contributed by atoms with E-state index in [1.807, 2.05) is 24.3 Å². The first kappa shape index (κ1) is 23.5. The zero-order valence-corrected chi connectivity index (χ0v) is 18.5. The van der Waals surface area contributed by atoms with Crippen molar-refractivity contribution in [1.29, 1.82) is 0 Å². The van der Waals surface area contributed by atoms with E-state index in [-0.39, 0.29) is 12.1 Å². The van der Waals surface area contributed by atoms with Crippen LogP contribution in [0.2, 0.25) is 0 Å². The summed E-state index contributed by atoms with van der Waals surface area (Å²) in [5, 5.41) is 0. The molecule has 1 unspecified atom stereocenters. The number of carbonyl (C=O) groups excluding carboxylic acids is 1. The van der Waals surface area contributed by atoms with Gasteiger partial charge in [0.1, 0.15) is 11.5 Å². The average molecular weight is 411 g/mol. The minimum absolute atomic E-state index is 0.228. The number of unbranched alkanes of at least 4 members (excludes halogenated alkanes) is 3. The number of hydrogen-bond acceptors (Lipinski definition) is 4. The number of rotatable bonds is 13. The molecule has 162 valence electrons. The van der Waals surface area contributed by atoms with Gasteiger partial charge in [0, 0.05) is 5.57 Å². The van der Waals surface area contributed by atoms with E-state index in [1.165, 1.54) is 0 Å². The number of carbonyl (C=O) groups is 1. The van der Waals surface area contributed by atoms with Crippen LogP contribution in [0, 0.1) is 0 Å². The van der Waals surface area contributed by atoms with E-state index in [2.05, 4.69) is 44.7 Å². The summed E-state index contributed by atoms with van der Waals surface area (Å²) in [5.41, 5.74) is 2.76. The van der Waals surface area contributed by atoms with Crippen LogP contribution in [0.3, 0.4) is 0 Å². The second-order valence-corrected chi connectivity index (χ2v) is 7.56. The molecule has 0 fully saturated rings. The smallest absolute Gasteiger partial charge is 0.333 e. The number of benzene rings is 2. The van der Waals surface area contributed by atoms with E-state index in [9.17, 15) is 4.79 Å². The van der Waals surface area contributed by atoms with E-state index in [1.54, 1.807) is 6.92 Å². The molecule has 0 saturated heterocycles. The van der Waals surface area contributed by atoms with E-state index >= 15 is 0 Å². The Labute approximate surface area is 180 Å². The van der Waals surface area contributed by atoms with Crippen molar-refractivity contribution in [2.75, 3.05) is 13.2 Å². The van der Waals surface area contributed by atoms with Crippen LogP contribution in [0.25, 0.3) is 11.1 Å². The lowest BCUT2D eigenvalue weighted by molar-refractivity contribution is -0.139.